The van der Waals surface area contributed by atoms with Gasteiger partial charge in [-0.15, -0.1) is 0 Å². The van der Waals surface area contributed by atoms with Crippen molar-refractivity contribution in [2.45, 2.75) is 32.4 Å². The van der Waals surface area contributed by atoms with Gasteiger partial charge in [-0.05, 0) is 31.9 Å². The minimum absolute atomic E-state index is 0.247. The van der Waals surface area contributed by atoms with Crippen LogP contribution in [0, 0.1) is 6.92 Å². The fourth-order valence-electron chi connectivity index (χ4n) is 2.62. The van der Waals surface area contributed by atoms with Crippen LogP contribution in [0.4, 0.5) is 0 Å². The minimum Gasteiger partial charge on any atom is -0.326 e. The van der Waals surface area contributed by atoms with Gasteiger partial charge in [0.1, 0.15) is 5.82 Å². The molecule has 2 aromatic rings. The number of imidazole rings is 1. The molecule has 1 aromatic heterocycles. The molecular weight excluding hydrogens is 290 g/mol. The van der Waals surface area contributed by atoms with E-state index in [9.17, 15) is 0 Å². The first-order chi connectivity index (χ1) is 8.65. The molecule has 2 heterocycles. The second-order valence-electron chi connectivity index (χ2n) is 4.89. The van der Waals surface area contributed by atoms with Gasteiger partial charge in [0.25, 0.3) is 0 Å². The number of aromatic nitrogens is 2. The molecule has 2 N–H and O–H groups in total. The van der Waals surface area contributed by atoms with Crippen LogP contribution >= 0.6 is 15.9 Å². The Hall–Kier alpha value is -1.13. The molecule has 0 saturated heterocycles. The summed E-state index contributed by atoms with van der Waals surface area (Å²) in [6.07, 6.45) is 2.10. The van der Waals surface area contributed by atoms with Crippen molar-refractivity contribution < 1.29 is 0 Å². The van der Waals surface area contributed by atoms with Gasteiger partial charge in [-0.25, -0.2) is 4.98 Å². The van der Waals surface area contributed by atoms with E-state index in [2.05, 4.69) is 39.6 Å². The number of aryl methyl sites for hydroxylation is 1. The van der Waals surface area contributed by atoms with Gasteiger partial charge in [0.2, 0.25) is 0 Å². The number of hydrogen-bond acceptors (Lipinski definition) is 2. The molecule has 1 aliphatic rings. The quantitative estimate of drug-likeness (QED) is 0.880. The normalized spacial score (nSPS) is 18.7. The van der Waals surface area contributed by atoms with E-state index in [1.54, 1.807) is 0 Å². The minimum atomic E-state index is 0.247. The summed E-state index contributed by atoms with van der Waals surface area (Å²) in [4.78, 5) is 4.72. The highest BCUT2D eigenvalue weighted by molar-refractivity contribution is 9.10. The van der Waals surface area contributed by atoms with E-state index in [0.717, 1.165) is 40.9 Å². The molecule has 1 aliphatic heterocycles. The molecule has 0 bridgehead atoms. The molecule has 94 valence electrons. The van der Waals surface area contributed by atoms with Gasteiger partial charge >= 0.3 is 0 Å². The van der Waals surface area contributed by atoms with Crippen LogP contribution in [0.1, 0.15) is 17.8 Å². The molecule has 0 saturated carbocycles. The zero-order valence-corrected chi connectivity index (χ0v) is 11.9. The van der Waals surface area contributed by atoms with Crippen molar-refractivity contribution in [3.63, 3.8) is 0 Å². The topological polar surface area (TPSA) is 43.8 Å². The van der Waals surface area contributed by atoms with Gasteiger partial charge in [-0.3, -0.25) is 0 Å². The molecule has 1 aromatic carbocycles. The third-order valence-corrected chi connectivity index (χ3v) is 4.02. The Bertz CT molecular complexity index is 589. The van der Waals surface area contributed by atoms with Gasteiger partial charge in [-0.2, -0.15) is 0 Å². The van der Waals surface area contributed by atoms with Crippen LogP contribution in [-0.4, -0.2) is 15.6 Å². The SMILES string of the molecule is Cc1nc(-c2cccc(Br)c2)n2c1CCC(N)C2. The van der Waals surface area contributed by atoms with E-state index >= 15 is 0 Å². The lowest BCUT2D eigenvalue weighted by atomic mass is 10.0. The summed E-state index contributed by atoms with van der Waals surface area (Å²) in [5.41, 5.74) is 9.70. The van der Waals surface area contributed by atoms with Crippen LogP contribution in [0.3, 0.4) is 0 Å². The van der Waals surface area contributed by atoms with Crippen LogP contribution in [0.25, 0.3) is 11.4 Å². The van der Waals surface area contributed by atoms with Gasteiger partial charge < -0.3 is 10.3 Å². The highest BCUT2D eigenvalue weighted by Crippen LogP contribution is 2.28. The first kappa shape index (κ1) is 11.9. The first-order valence-corrected chi connectivity index (χ1v) is 7.02. The highest BCUT2D eigenvalue weighted by Gasteiger charge is 2.22. The molecule has 0 fully saturated rings. The van der Waals surface area contributed by atoms with Crippen molar-refractivity contribution in [3.8, 4) is 11.4 Å². The Labute approximate surface area is 115 Å². The largest absolute Gasteiger partial charge is 0.326 e. The molecule has 0 aliphatic carbocycles. The van der Waals surface area contributed by atoms with E-state index in [1.807, 2.05) is 12.1 Å². The molecular formula is C14H16BrN3. The fourth-order valence-corrected chi connectivity index (χ4v) is 3.01. The summed E-state index contributed by atoms with van der Waals surface area (Å²) in [6, 6.07) is 8.52. The van der Waals surface area contributed by atoms with E-state index in [4.69, 9.17) is 10.7 Å². The average molecular weight is 306 g/mol. The molecule has 4 heteroatoms. The molecule has 18 heavy (non-hydrogen) atoms. The van der Waals surface area contributed by atoms with Gasteiger partial charge in [0, 0.05) is 28.3 Å². The molecule has 1 atom stereocenters. The van der Waals surface area contributed by atoms with Crippen LogP contribution in [-0.2, 0) is 13.0 Å². The summed E-state index contributed by atoms with van der Waals surface area (Å²) in [5.74, 6) is 1.04. The zero-order valence-electron chi connectivity index (χ0n) is 10.4. The Morgan fingerprint density at radius 1 is 1.44 bits per heavy atom. The van der Waals surface area contributed by atoms with Gasteiger partial charge in [-0.1, -0.05) is 28.1 Å². The summed E-state index contributed by atoms with van der Waals surface area (Å²) in [7, 11) is 0. The number of hydrogen-bond donors (Lipinski definition) is 1. The van der Waals surface area contributed by atoms with E-state index in [1.165, 1.54) is 5.69 Å². The first-order valence-electron chi connectivity index (χ1n) is 6.22. The van der Waals surface area contributed by atoms with Crippen LogP contribution in [0.5, 0.6) is 0 Å². The standard InChI is InChI=1S/C14H16BrN3/c1-9-13-6-5-12(16)8-18(13)14(17-9)10-3-2-4-11(15)7-10/h2-4,7,12H,5-6,8,16H2,1H3. The maximum atomic E-state index is 6.08. The van der Waals surface area contributed by atoms with Crippen LogP contribution < -0.4 is 5.73 Å². The molecule has 0 spiro atoms. The fraction of sp³-hybridized carbons (Fsp3) is 0.357. The van der Waals surface area contributed by atoms with Crippen LogP contribution in [0.15, 0.2) is 28.7 Å². The van der Waals surface area contributed by atoms with Crippen molar-refractivity contribution >= 4 is 15.9 Å². The maximum Gasteiger partial charge on any atom is 0.140 e. The third kappa shape index (κ3) is 1.99. The zero-order chi connectivity index (χ0) is 12.7. The molecule has 0 amide bonds. The molecule has 1 unspecified atom stereocenters. The Morgan fingerprint density at radius 3 is 3.06 bits per heavy atom. The lowest BCUT2D eigenvalue weighted by Crippen LogP contribution is -2.32. The number of benzene rings is 1. The number of nitrogens with two attached hydrogens (primary N) is 1. The van der Waals surface area contributed by atoms with Gasteiger partial charge in [0.15, 0.2) is 0 Å². The smallest absolute Gasteiger partial charge is 0.140 e. The lowest BCUT2D eigenvalue weighted by molar-refractivity contribution is 0.462. The third-order valence-electron chi connectivity index (χ3n) is 3.52. The van der Waals surface area contributed by atoms with Crippen molar-refractivity contribution in [3.05, 3.63) is 40.1 Å². The molecule has 0 radical (unpaired) electrons. The Morgan fingerprint density at radius 2 is 2.28 bits per heavy atom. The van der Waals surface area contributed by atoms with Crippen LogP contribution in [0.2, 0.25) is 0 Å². The van der Waals surface area contributed by atoms with E-state index < -0.39 is 0 Å². The number of nitrogens with zero attached hydrogens (tertiary/aromatic N) is 2. The second-order valence-corrected chi connectivity index (χ2v) is 5.80. The monoisotopic (exact) mass is 305 g/mol. The summed E-state index contributed by atoms with van der Waals surface area (Å²) in [5, 5.41) is 0. The van der Waals surface area contributed by atoms with Crippen molar-refractivity contribution in [2.75, 3.05) is 0 Å². The van der Waals surface area contributed by atoms with Crippen molar-refractivity contribution in [1.29, 1.82) is 0 Å². The van der Waals surface area contributed by atoms with E-state index in [0.29, 0.717) is 0 Å². The predicted octanol–water partition coefficient (Wildman–Crippen LogP) is 2.89. The predicted molar refractivity (Wildman–Crippen MR) is 76.4 cm³/mol. The van der Waals surface area contributed by atoms with Gasteiger partial charge in [0.05, 0.1) is 5.69 Å². The average Bonchev–Trinajstić information content (AvgIpc) is 2.66. The molecule has 3 nitrogen and oxygen atoms in total. The summed E-state index contributed by atoms with van der Waals surface area (Å²) >= 11 is 3.51. The number of halogens is 1. The second kappa shape index (κ2) is 4.52. The Kier molecular flexibility index (Phi) is 2.99. The van der Waals surface area contributed by atoms with Crippen molar-refractivity contribution in [2.24, 2.45) is 5.73 Å². The maximum absolute atomic E-state index is 6.08. The van der Waals surface area contributed by atoms with Crippen molar-refractivity contribution in [1.82, 2.24) is 9.55 Å². The number of fused-ring (bicyclic) bond motifs is 1. The van der Waals surface area contributed by atoms with E-state index in [-0.39, 0.29) is 6.04 Å². The Balaban J connectivity index is 2.13. The molecule has 3 rings (SSSR count). The summed E-state index contributed by atoms with van der Waals surface area (Å²) < 4.78 is 3.36. The number of rotatable bonds is 1. The summed E-state index contributed by atoms with van der Waals surface area (Å²) in [6.45, 7) is 2.96. The highest BCUT2D eigenvalue weighted by atomic mass is 79.9. The lowest BCUT2D eigenvalue weighted by Gasteiger charge is -2.22.